The largest absolute Gasteiger partial charge is 0.444 e. The molecule has 4 heterocycles. The van der Waals surface area contributed by atoms with Crippen LogP contribution in [0.2, 0.25) is 0 Å². The number of hydrogen-bond acceptors (Lipinski definition) is 7. The van der Waals surface area contributed by atoms with Crippen LogP contribution in [0.25, 0.3) is 5.52 Å². The van der Waals surface area contributed by atoms with Crippen LogP contribution >= 0.6 is 0 Å². The van der Waals surface area contributed by atoms with E-state index in [0.717, 1.165) is 10.7 Å². The molecule has 2 N–H and O–H groups in total. The van der Waals surface area contributed by atoms with Gasteiger partial charge in [0.1, 0.15) is 28.3 Å². The van der Waals surface area contributed by atoms with Crippen molar-refractivity contribution in [2.75, 3.05) is 31.1 Å². The molecular formula is C25H27F4N7O4. The lowest BCUT2D eigenvalue weighted by molar-refractivity contribution is -0.191. The highest BCUT2D eigenvalue weighted by molar-refractivity contribution is 5.92. The van der Waals surface area contributed by atoms with Crippen LogP contribution in [0.4, 0.5) is 28.0 Å². The van der Waals surface area contributed by atoms with E-state index in [1.165, 1.54) is 21.9 Å². The maximum Gasteiger partial charge on any atom is 0.410 e. The van der Waals surface area contributed by atoms with Crippen molar-refractivity contribution in [1.82, 2.24) is 25.4 Å². The van der Waals surface area contributed by atoms with Crippen molar-refractivity contribution in [3.8, 4) is 6.07 Å². The number of halogens is 4. The zero-order valence-electron chi connectivity index (χ0n) is 21.9. The van der Waals surface area contributed by atoms with Gasteiger partial charge in [-0.2, -0.15) is 23.5 Å². The molecule has 214 valence electrons. The molecule has 0 unspecified atom stereocenters. The fraction of sp³-hybridized carbons (Fsp3) is 0.560. The number of pyridine rings is 1. The van der Waals surface area contributed by atoms with Crippen LogP contribution in [0, 0.1) is 33.9 Å². The average Bonchev–Trinajstić information content (AvgIpc) is 3.14. The number of nitriles is 1. The number of likely N-dealkylation sites (tertiary alicyclic amines) is 1. The summed E-state index contributed by atoms with van der Waals surface area (Å²) in [4.78, 5) is 40.2. The molecule has 0 spiro atoms. The molecule has 0 bridgehead atoms. The molecule has 2 atom stereocenters. The van der Waals surface area contributed by atoms with E-state index < -0.39 is 59.3 Å². The first-order valence-corrected chi connectivity index (χ1v) is 12.6. The molecule has 3 fully saturated rings. The number of fused-ring (bicyclic) bond motifs is 2. The van der Waals surface area contributed by atoms with Gasteiger partial charge in [0.05, 0.1) is 17.3 Å². The van der Waals surface area contributed by atoms with Gasteiger partial charge >= 0.3 is 12.3 Å². The molecule has 2 saturated heterocycles. The Morgan fingerprint density at radius 3 is 2.50 bits per heavy atom. The van der Waals surface area contributed by atoms with Crippen molar-refractivity contribution < 1.29 is 36.7 Å². The van der Waals surface area contributed by atoms with Gasteiger partial charge in [-0.15, -0.1) is 0 Å². The van der Waals surface area contributed by atoms with Gasteiger partial charge in [0.2, 0.25) is 11.8 Å². The van der Waals surface area contributed by atoms with Gasteiger partial charge in [0.25, 0.3) is 0 Å². The van der Waals surface area contributed by atoms with E-state index in [0.29, 0.717) is 0 Å². The topological polar surface area (TPSA) is 132 Å². The van der Waals surface area contributed by atoms with Gasteiger partial charge in [0, 0.05) is 38.5 Å². The van der Waals surface area contributed by atoms with Crippen LogP contribution in [-0.4, -0.2) is 70.4 Å². The summed E-state index contributed by atoms with van der Waals surface area (Å²) in [6.45, 7) is 4.76. The fourth-order valence-electron chi connectivity index (χ4n) is 5.72. The summed E-state index contributed by atoms with van der Waals surface area (Å²) in [7, 11) is 0. The minimum absolute atomic E-state index is 0.00612. The number of piperidine rings is 1. The number of nitrogens with one attached hydrogen (secondary N) is 2. The predicted molar refractivity (Wildman–Crippen MR) is 130 cm³/mol. The van der Waals surface area contributed by atoms with Crippen LogP contribution in [-0.2, 0) is 14.3 Å². The number of alkyl halides is 3. The maximum atomic E-state index is 14.6. The summed E-state index contributed by atoms with van der Waals surface area (Å²) < 4.78 is 63.7. The Kier molecular flexibility index (Phi) is 6.16. The fourth-order valence-corrected chi connectivity index (χ4v) is 5.72. The highest BCUT2D eigenvalue weighted by Gasteiger charge is 2.86. The minimum atomic E-state index is -4.75. The zero-order valence-corrected chi connectivity index (χ0v) is 21.9. The number of ether oxygens (including phenoxy) is 1. The van der Waals surface area contributed by atoms with Crippen molar-refractivity contribution >= 4 is 29.1 Å². The van der Waals surface area contributed by atoms with Gasteiger partial charge in [-0.05, 0) is 39.3 Å². The molecular weight excluding hydrogens is 538 g/mol. The van der Waals surface area contributed by atoms with E-state index in [2.05, 4.69) is 16.0 Å². The first-order chi connectivity index (χ1) is 18.6. The Bertz CT molecular complexity index is 1440. The third kappa shape index (κ3) is 4.35. The van der Waals surface area contributed by atoms with Crippen LogP contribution < -0.4 is 15.8 Å². The number of nitrogens with zero attached hydrogens (tertiary/aromatic N) is 5. The monoisotopic (exact) mass is 565 g/mol. The summed E-state index contributed by atoms with van der Waals surface area (Å²) in [6.07, 6.45) is -4.92. The summed E-state index contributed by atoms with van der Waals surface area (Å²) in [5.41, 5.74) is -0.703. The smallest absolute Gasteiger partial charge is 0.410 e. The summed E-state index contributed by atoms with van der Waals surface area (Å²) in [5, 5.41) is 13.1. The number of anilines is 1. The van der Waals surface area contributed by atoms with Crippen LogP contribution in [0.15, 0.2) is 18.3 Å². The third-order valence-corrected chi connectivity index (χ3v) is 7.74. The number of hydrazine groups is 1. The van der Waals surface area contributed by atoms with E-state index in [4.69, 9.17) is 4.74 Å². The number of carbonyl (C=O) groups is 3. The summed E-state index contributed by atoms with van der Waals surface area (Å²) >= 11 is 0. The second kappa shape index (κ2) is 8.97. The maximum absolute atomic E-state index is 14.6. The first-order valence-electron chi connectivity index (χ1n) is 12.6. The third-order valence-electron chi connectivity index (χ3n) is 7.74. The normalized spacial score (nSPS) is 24.2. The van der Waals surface area contributed by atoms with Gasteiger partial charge < -0.3 is 14.5 Å². The number of aromatic nitrogens is 2. The first kappa shape index (κ1) is 27.5. The highest BCUT2D eigenvalue weighted by Crippen LogP contribution is 2.75. The lowest BCUT2D eigenvalue weighted by atomic mass is 9.95. The Morgan fingerprint density at radius 2 is 1.88 bits per heavy atom. The molecule has 0 radical (unpaired) electrons. The summed E-state index contributed by atoms with van der Waals surface area (Å²) in [5.74, 6) is -2.62. The Hall–Kier alpha value is -4.09. The standard InChI is InChI=1S/C25H27F4N7O4/c1-22(2,3)40-21(39)34-9-14(10-34)6-18(37)32-33-20(38)23-11-24(23,25(27,28)29)13-35(12-23)17-5-4-15(7-30)36-19(17)16(26)8-31-36/h4-5,8,14H,6,9-13H2,1-3H3,(H,32,37)(H,33,38)/t23-,24-/m0/s1. The second-order valence-electron chi connectivity index (χ2n) is 11.6. The number of hydrogen-bond donors (Lipinski definition) is 2. The molecule has 15 heteroatoms. The van der Waals surface area contributed by atoms with Crippen LogP contribution in [0.1, 0.15) is 39.3 Å². The molecule has 40 heavy (non-hydrogen) atoms. The Morgan fingerprint density at radius 1 is 1.18 bits per heavy atom. The van der Waals surface area contributed by atoms with Gasteiger partial charge in [-0.1, -0.05) is 0 Å². The van der Waals surface area contributed by atoms with Gasteiger partial charge in [-0.3, -0.25) is 20.4 Å². The quantitative estimate of drug-likeness (QED) is 0.430. The molecule has 2 aromatic heterocycles. The molecule has 1 saturated carbocycles. The lowest BCUT2D eigenvalue weighted by Gasteiger charge is -2.39. The van der Waals surface area contributed by atoms with Gasteiger partial charge in [-0.25, -0.2) is 13.7 Å². The number of carbonyl (C=O) groups excluding carboxylic acids is 3. The average molecular weight is 566 g/mol. The van der Waals surface area contributed by atoms with E-state index in [9.17, 15) is 37.2 Å². The number of amides is 3. The molecule has 11 nitrogen and oxygen atoms in total. The molecule has 2 aliphatic heterocycles. The molecule has 2 aromatic rings. The van der Waals surface area contributed by atoms with E-state index in [1.54, 1.807) is 20.8 Å². The Balaban J connectivity index is 1.24. The molecule has 1 aliphatic carbocycles. The predicted octanol–water partition coefficient (Wildman–Crippen LogP) is 2.51. The van der Waals surface area contributed by atoms with Crippen LogP contribution in [0.3, 0.4) is 0 Å². The van der Waals surface area contributed by atoms with E-state index >= 15 is 0 Å². The van der Waals surface area contributed by atoms with Crippen LogP contribution in [0.5, 0.6) is 0 Å². The minimum Gasteiger partial charge on any atom is -0.444 e. The van der Waals surface area contributed by atoms with Gasteiger partial charge in [0.15, 0.2) is 5.82 Å². The van der Waals surface area contributed by atoms with E-state index in [1.807, 2.05) is 6.07 Å². The van der Waals surface area contributed by atoms with Crippen molar-refractivity contribution in [3.63, 3.8) is 0 Å². The molecule has 0 aromatic carbocycles. The molecule has 3 amide bonds. The second-order valence-corrected chi connectivity index (χ2v) is 11.6. The van der Waals surface area contributed by atoms with E-state index in [-0.39, 0.29) is 48.9 Å². The van der Waals surface area contributed by atoms with Crippen molar-refractivity contribution in [2.45, 2.75) is 45.4 Å². The molecule has 5 rings (SSSR count). The van der Waals surface area contributed by atoms with Crippen molar-refractivity contribution in [2.24, 2.45) is 16.7 Å². The molecule has 3 aliphatic rings. The zero-order chi connectivity index (χ0) is 29.3. The highest BCUT2D eigenvalue weighted by atomic mass is 19.4. The SMILES string of the molecule is CC(C)(C)OC(=O)N1CC(CC(=O)NNC(=O)[C@]23CN(c4ccc(C#N)n5ncc(F)c45)C[C@@]2(C(F)(F)F)C3)C1. The summed E-state index contributed by atoms with van der Waals surface area (Å²) in [6, 6.07) is 4.50. The van der Waals surface area contributed by atoms with Crippen molar-refractivity contribution in [3.05, 3.63) is 29.8 Å². The Labute approximate surface area is 226 Å². The number of rotatable bonds is 4. The van der Waals surface area contributed by atoms with Crippen molar-refractivity contribution in [1.29, 1.82) is 5.26 Å². The lowest BCUT2D eigenvalue weighted by Crippen LogP contribution is -2.54.